The van der Waals surface area contributed by atoms with Gasteiger partial charge < -0.3 is 20.1 Å². The molecule has 1 aromatic rings. The van der Waals surface area contributed by atoms with Crippen LogP contribution in [-0.2, 0) is 29.1 Å². The lowest BCUT2D eigenvalue weighted by atomic mass is 10.3. The van der Waals surface area contributed by atoms with Crippen molar-refractivity contribution >= 4 is 27.5 Å². The Morgan fingerprint density at radius 3 is 2.38 bits per heavy atom. The molecule has 2 aliphatic rings. The second-order valence-corrected chi connectivity index (χ2v) is 9.00. The molecule has 2 amide bonds. The van der Waals surface area contributed by atoms with Gasteiger partial charge in [-0.2, -0.15) is 4.31 Å². The quantitative estimate of drug-likeness (QED) is 0.261. The molecule has 2 heterocycles. The molecule has 0 saturated carbocycles. The molecule has 0 spiro atoms. The van der Waals surface area contributed by atoms with Crippen LogP contribution in [0.3, 0.4) is 0 Å². The molecule has 0 unspecified atom stereocenters. The molecule has 1 aromatic carbocycles. The van der Waals surface area contributed by atoms with Crippen LogP contribution in [0, 0.1) is 10.1 Å². The zero-order valence-corrected chi connectivity index (χ0v) is 18.1. The van der Waals surface area contributed by atoms with E-state index in [1.165, 1.54) is 0 Å². The highest BCUT2D eigenvalue weighted by Crippen LogP contribution is 2.24. The summed E-state index contributed by atoms with van der Waals surface area (Å²) in [5, 5.41) is 15.7. The molecular weight excluding hydrogens is 446 g/mol. The molecule has 14 heteroatoms. The van der Waals surface area contributed by atoms with Gasteiger partial charge in [0, 0.05) is 44.9 Å². The molecule has 1 atom stereocenters. The Balaban J connectivity index is 1.49. The predicted octanol–water partition coefficient (Wildman–Crippen LogP) is -1.49. The highest BCUT2D eigenvalue weighted by molar-refractivity contribution is 7.89. The summed E-state index contributed by atoms with van der Waals surface area (Å²) in [6, 6.07) is 4.48. The van der Waals surface area contributed by atoms with Crippen LogP contribution in [0.4, 0.5) is 5.69 Å². The Morgan fingerprint density at radius 2 is 1.72 bits per heavy atom. The van der Waals surface area contributed by atoms with Crippen LogP contribution in [0.1, 0.15) is 0 Å². The number of nitrogens with zero attached hydrogens (tertiary/aromatic N) is 3. The highest BCUT2D eigenvalue weighted by atomic mass is 32.2. The number of morpholine rings is 1. The van der Waals surface area contributed by atoms with Crippen molar-refractivity contribution in [3.05, 3.63) is 34.4 Å². The van der Waals surface area contributed by atoms with Gasteiger partial charge in [-0.3, -0.25) is 24.6 Å². The summed E-state index contributed by atoms with van der Waals surface area (Å²) in [7, 11) is -4.01. The van der Waals surface area contributed by atoms with Gasteiger partial charge in [0.15, 0.2) is 0 Å². The summed E-state index contributed by atoms with van der Waals surface area (Å²) >= 11 is 0. The number of non-ortho nitro benzene ring substituents is 1. The van der Waals surface area contributed by atoms with Crippen molar-refractivity contribution in [2.75, 3.05) is 59.1 Å². The molecule has 0 aliphatic carbocycles. The van der Waals surface area contributed by atoms with Crippen molar-refractivity contribution in [3.63, 3.8) is 0 Å². The second-order valence-electron chi connectivity index (χ2n) is 7.11. The first-order valence-electron chi connectivity index (χ1n) is 10.0. The van der Waals surface area contributed by atoms with Crippen LogP contribution in [0.15, 0.2) is 29.2 Å². The van der Waals surface area contributed by atoms with E-state index in [1.807, 2.05) is 0 Å². The van der Waals surface area contributed by atoms with Gasteiger partial charge >= 0.3 is 11.8 Å². The molecule has 2 N–H and O–H groups in total. The molecule has 2 aliphatic heterocycles. The first-order chi connectivity index (χ1) is 15.3. The van der Waals surface area contributed by atoms with E-state index in [0.29, 0.717) is 26.3 Å². The fraction of sp³-hybridized carbons (Fsp3) is 0.556. The zero-order valence-electron chi connectivity index (χ0n) is 17.3. The Kier molecular flexibility index (Phi) is 8.09. The van der Waals surface area contributed by atoms with Gasteiger partial charge in [-0.1, -0.05) is 0 Å². The van der Waals surface area contributed by atoms with Crippen molar-refractivity contribution in [3.8, 4) is 0 Å². The van der Waals surface area contributed by atoms with Gasteiger partial charge in [0.25, 0.3) is 5.69 Å². The lowest BCUT2D eigenvalue weighted by Gasteiger charge is -2.26. The van der Waals surface area contributed by atoms with Crippen LogP contribution < -0.4 is 10.6 Å². The van der Waals surface area contributed by atoms with Crippen LogP contribution in [-0.4, -0.2) is 99.7 Å². The SMILES string of the molecule is O=C(NCCN1CCOCC1)C(=O)NC[C@H]1OCCN1S(=O)(=O)c1ccc([N+](=O)[O-])cc1. The minimum Gasteiger partial charge on any atom is -0.379 e. The number of hydrogen-bond acceptors (Lipinski definition) is 9. The van der Waals surface area contributed by atoms with E-state index < -0.39 is 33.0 Å². The van der Waals surface area contributed by atoms with Gasteiger partial charge in [0.2, 0.25) is 10.0 Å². The molecule has 176 valence electrons. The number of carbonyl (C=O) groups is 2. The maximum Gasteiger partial charge on any atom is 0.309 e. The van der Waals surface area contributed by atoms with Crippen LogP contribution >= 0.6 is 0 Å². The maximum atomic E-state index is 12.9. The number of rotatable bonds is 8. The fourth-order valence-corrected chi connectivity index (χ4v) is 4.82. The largest absolute Gasteiger partial charge is 0.379 e. The van der Waals surface area contributed by atoms with Gasteiger partial charge in [-0.25, -0.2) is 8.42 Å². The Morgan fingerprint density at radius 1 is 1.06 bits per heavy atom. The normalized spacial score (nSPS) is 20.1. The number of hydrogen-bond donors (Lipinski definition) is 2. The van der Waals surface area contributed by atoms with Crippen LogP contribution in [0.2, 0.25) is 0 Å². The Labute approximate surface area is 184 Å². The number of benzene rings is 1. The number of nitrogens with one attached hydrogen (secondary N) is 2. The van der Waals surface area contributed by atoms with E-state index in [9.17, 15) is 28.1 Å². The van der Waals surface area contributed by atoms with Crippen molar-refractivity contribution in [2.45, 2.75) is 11.1 Å². The summed E-state index contributed by atoms with van der Waals surface area (Å²) < 4.78 is 37.4. The number of nitro groups is 1. The third-order valence-electron chi connectivity index (χ3n) is 5.06. The molecule has 2 fully saturated rings. The molecular formula is C18H25N5O8S. The topological polar surface area (TPSA) is 160 Å². The minimum atomic E-state index is -4.01. The van der Waals surface area contributed by atoms with E-state index in [2.05, 4.69) is 15.5 Å². The van der Waals surface area contributed by atoms with E-state index in [4.69, 9.17) is 9.47 Å². The number of ether oxygens (including phenoxy) is 2. The summed E-state index contributed by atoms with van der Waals surface area (Å²) in [5.74, 6) is -1.71. The van der Waals surface area contributed by atoms with E-state index >= 15 is 0 Å². The lowest BCUT2D eigenvalue weighted by Crippen LogP contribution is -2.48. The number of nitro benzene ring substituents is 1. The highest BCUT2D eigenvalue weighted by Gasteiger charge is 2.37. The maximum absolute atomic E-state index is 12.9. The van der Waals surface area contributed by atoms with E-state index in [1.54, 1.807) is 0 Å². The molecule has 0 radical (unpaired) electrons. The minimum absolute atomic E-state index is 0.0472. The van der Waals surface area contributed by atoms with Crippen molar-refractivity contribution in [1.29, 1.82) is 0 Å². The van der Waals surface area contributed by atoms with E-state index in [-0.39, 0.29) is 30.3 Å². The molecule has 0 aromatic heterocycles. The Hall–Kier alpha value is -2.65. The van der Waals surface area contributed by atoms with Crippen molar-refractivity contribution in [1.82, 2.24) is 19.8 Å². The fourth-order valence-electron chi connectivity index (χ4n) is 3.31. The smallest absolute Gasteiger partial charge is 0.309 e. The average Bonchev–Trinajstić information content (AvgIpc) is 3.27. The number of carbonyl (C=O) groups excluding carboxylic acids is 2. The third kappa shape index (κ3) is 5.98. The summed E-state index contributed by atoms with van der Waals surface area (Å²) in [5.41, 5.74) is -0.231. The van der Waals surface area contributed by atoms with Crippen molar-refractivity contribution < 1.29 is 32.4 Å². The van der Waals surface area contributed by atoms with Crippen LogP contribution in [0.25, 0.3) is 0 Å². The molecule has 3 rings (SSSR count). The van der Waals surface area contributed by atoms with Crippen LogP contribution in [0.5, 0.6) is 0 Å². The van der Waals surface area contributed by atoms with Gasteiger partial charge in [-0.05, 0) is 12.1 Å². The van der Waals surface area contributed by atoms with Gasteiger partial charge in [0.05, 0.1) is 36.2 Å². The lowest BCUT2D eigenvalue weighted by molar-refractivity contribution is -0.384. The second kappa shape index (κ2) is 10.8. The first-order valence-corrected chi connectivity index (χ1v) is 11.5. The predicted molar refractivity (Wildman–Crippen MR) is 110 cm³/mol. The summed E-state index contributed by atoms with van der Waals surface area (Å²) in [6.07, 6.45) is -1.000. The van der Waals surface area contributed by atoms with E-state index in [0.717, 1.165) is 41.7 Å². The standard InChI is InChI=1S/C18H25N5O8S/c24-17(19-5-6-21-7-10-30-11-8-21)18(25)20-13-16-22(9-12-31-16)32(28,29)15-3-1-14(2-4-15)23(26)27/h1-4,16H,5-13H2,(H,19,24)(H,20,25)/t16-/m1/s1. The Bertz CT molecular complexity index is 933. The zero-order chi connectivity index (χ0) is 23.1. The van der Waals surface area contributed by atoms with Gasteiger partial charge in [-0.15, -0.1) is 0 Å². The third-order valence-corrected chi connectivity index (χ3v) is 6.96. The monoisotopic (exact) mass is 471 g/mol. The molecule has 13 nitrogen and oxygen atoms in total. The average molecular weight is 471 g/mol. The van der Waals surface area contributed by atoms with Gasteiger partial charge in [0.1, 0.15) is 6.23 Å². The first kappa shape index (κ1) is 24.0. The summed E-state index contributed by atoms with van der Waals surface area (Å²) in [6.45, 7) is 3.62. The number of amides is 2. The molecule has 2 saturated heterocycles. The summed E-state index contributed by atoms with van der Waals surface area (Å²) in [4.78, 5) is 36.2. The molecule has 0 bridgehead atoms. The van der Waals surface area contributed by atoms with Crippen molar-refractivity contribution in [2.24, 2.45) is 0 Å². The number of sulfonamides is 1. The molecule has 32 heavy (non-hydrogen) atoms.